The Morgan fingerprint density at radius 3 is 1.22 bits per heavy atom. The maximum Gasteiger partial charge on any atom is 0.126 e. The van der Waals surface area contributed by atoms with Gasteiger partial charge >= 0.3 is 0 Å². The number of carbonyl (C=O) groups excluding carboxylic acids is 1. The summed E-state index contributed by atoms with van der Waals surface area (Å²) in [6.07, 6.45) is 2.08. The summed E-state index contributed by atoms with van der Waals surface area (Å²) in [7, 11) is 0. The van der Waals surface area contributed by atoms with Gasteiger partial charge in [0.2, 0.25) is 0 Å². The van der Waals surface area contributed by atoms with Gasteiger partial charge in [0.1, 0.15) is 5.78 Å². The molecule has 9 heavy (non-hydrogen) atoms. The largest absolute Gasteiger partial charge is 0.300 e. The molecule has 0 aromatic rings. The second-order valence-electron chi connectivity index (χ2n) is 2.27. The van der Waals surface area contributed by atoms with E-state index >= 15 is 0 Å². The highest BCUT2D eigenvalue weighted by atomic mass is 16.1. The third kappa shape index (κ3) is 109. The molecule has 0 rings (SSSR count). The lowest BCUT2D eigenvalue weighted by atomic mass is 10.3. The summed E-state index contributed by atoms with van der Waals surface area (Å²) >= 11 is 0. The van der Waals surface area contributed by atoms with Crippen molar-refractivity contribution < 1.29 is 4.79 Å². The minimum absolute atomic E-state index is 0.167. The summed E-state index contributed by atoms with van der Waals surface area (Å²) in [6, 6.07) is 0. The molecule has 0 aromatic carbocycles. The Labute approximate surface area is 57.8 Å². The van der Waals surface area contributed by atoms with Gasteiger partial charge in [-0.05, 0) is 34.6 Å². The van der Waals surface area contributed by atoms with Crippen LogP contribution in [0.25, 0.3) is 0 Å². The lowest BCUT2D eigenvalue weighted by Crippen LogP contribution is -1.69. The van der Waals surface area contributed by atoms with Crippen molar-refractivity contribution in [2.45, 2.75) is 34.6 Å². The molecule has 0 saturated heterocycles. The Balaban J connectivity index is 0. The third-order valence-electron chi connectivity index (χ3n) is 0.577. The molecule has 0 aliphatic rings. The van der Waals surface area contributed by atoms with Gasteiger partial charge in [-0.1, -0.05) is 11.6 Å². The lowest BCUT2D eigenvalue weighted by molar-refractivity contribution is -0.114. The third-order valence-corrected chi connectivity index (χ3v) is 0.577. The van der Waals surface area contributed by atoms with E-state index in [2.05, 4.69) is 19.9 Å². The molecule has 0 atom stereocenters. The zero-order valence-corrected chi connectivity index (χ0v) is 6.99. The zero-order chi connectivity index (χ0) is 7.86. The average molecular weight is 128 g/mol. The molecule has 1 nitrogen and oxygen atoms in total. The van der Waals surface area contributed by atoms with Crippen LogP contribution in [0.2, 0.25) is 0 Å². The first kappa shape index (κ1) is 11.2. The lowest BCUT2D eigenvalue weighted by Gasteiger charge is -1.74. The summed E-state index contributed by atoms with van der Waals surface area (Å²) < 4.78 is 0. The monoisotopic (exact) mass is 128 g/mol. The minimum Gasteiger partial charge on any atom is -0.300 e. The smallest absolute Gasteiger partial charge is 0.126 e. The molecule has 0 aliphatic heterocycles. The van der Waals surface area contributed by atoms with Gasteiger partial charge in [-0.3, -0.25) is 0 Å². The Hall–Kier alpha value is -0.590. The molecule has 0 fully saturated rings. The fourth-order valence-corrected chi connectivity index (χ4v) is 0. The highest BCUT2D eigenvalue weighted by Gasteiger charge is 1.62. The number of hydrogen-bond donors (Lipinski definition) is 0. The quantitative estimate of drug-likeness (QED) is 0.458. The Morgan fingerprint density at radius 1 is 1.11 bits per heavy atom. The SMILES string of the molecule is CC(C)=O.CC=C(C)C. The van der Waals surface area contributed by atoms with Crippen LogP contribution >= 0.6 is 0 Å². The van der Waals surface area contributed by atoms with Crippen molar-refractivity contribution in [3.63, 3.8) is 0 Å². The first-order valence-electron chi connectivity index (χ1n) is 3.07. The van der Waals surface area contributed by atoms with Crippen LogP contribution in [0.5, 0.6) is 0 Å². The maximum absolute atomic E-state index is 9.44. The van der Waals surface area contributed by atoms with Crippen LogP contribution in [0.1, 0.15) is 34.6 Å². The topological polar surface area (TPSA) is 17.1 Å². The second kappa shape index (κ2) is 7.41. The van der Waals surface area contributed by atoms with E-state index in [9.17, 15) is 4.79 Å². The van der Waals surface area contributed by atoms with Gasteiger partial charge in [-0.25, -0.2) is 0 Å². The average Bonchev–Trinajstić information content (AvgIpc) is 1.65. The minimum atomic E-state index is 0.167. The van der Waals surface area contributed by atoms with Gasteiger partial charge in [-0.15, -0.1) is 0 Å². The van der Waals surface area contributed by atoms with Crippen molar-refractivity contribution >= 4 is 5.78 Å². The van der Waals surface area contributed by atoms with E-state index in [0.29, 0.717) is 0 Å². The fourth-order valence-electron chi connectivity index (χ4n) is 0. The maximum atomic E-state index is 9.44. The van der Waals surface area contributed by atoms with Crippen molar-refractivity contribution in [2.24, 2.45) is 0 Å². The van der Waals surface area contributed by atoms with Gasteiger partial charge in [0.15, 0.2) is 0 Å². The first-order valence-corrected chi connectivity index (χ1v) is 3.07. The van der Waals surface area contributed by atoms with E-state index in [1.807, 2.05) is 6.92 Å². The molecule has 0 unspecified atom stereocenters. The molecule has 0 saturated carbocycles. The predicted molar refractivity (Wildman–Crippen MR) is 41.5 cm³/mol. The number of carbonyl (C=O) groups is 1. The van der Waals surface area contributed by atoms with Crippen LogP contribution in [-0.2, 0) is 4.79 Å². The highest BCUT2D eigenvalue weighted by molar-refractivity contribution is 5.72. The zero-order valence-electron chi connectivity index (χ0n) is 6.99. The normalized spacial score (nSPS) is 6.78. The summed E-state index contributed by atoms with van der Waals surface area (Å²) in [4.78, 5) is 9.44. The van der Waals surface area contributed by atoms with E-state index in [4.69, 9.17) is 0 Å². The molecule has 0 aromatic heterocycles. The molecule has 1 heteroatoms. The van der Waals surface area contributed by atoms with Crippen LogP contribution in [0.3, 0.4) is 0 Å². The molecule has 0 spiro atoms. The summed E-state index contributed by atoms with van der Waals surface area (Å²) in [5.74, 6) is 0.167. The van der Waals surface area contributed by atoms with Crippen molar-refractivity contribution in [3.05, 3.63) is 11.6 Å². The molecule has 0 radical (unpaired) electrons. The van der Waals surface area contributed by atoms with Crippen molar-refractivity contribution in [3.8, 4) is 0 Å². The van der Waals surface area contributed by atoms with E-state index < -0.39 is 0 Å². The van der Waals surface area contributed by atoms with E-state index in [1.54, 1.807) is 0 Å². The standard InChI is InChI=1S/C5H10.C3H6O/c1-4-5(2)3;1-3(2)4/h4H,1-3H3;1-2H3. The van der Waals surface area contributed by atoms with E-state index in [1.165, 1.54) is 19.4 Å². The van der Waals surface area contributed by atoms with Crippen LogP contribution in [0.4, 0.5) is 0 Å². The van der Waals surface area contributed by atoms with Crippen LogP contribution in [0.15, 0.2) is 11.6 Å². The van der Waals surface area contributed by atoms with E-state index in [-0.39, 0.29) is 5.78 Å². The molecular formula is C8H16O. The molecule has 0 heterocycles. The van der Waals surface area contributed by atoms with Crippen LogP contribution in [0, 0.1) is 0 Å². The Morgan fingerprint density at radius 2 is 1.22 bits per heavy atom. The van der Waals surface area contributed by atoms with Crippen molar-refractivity contribution in [2.75, 3.05) is 0 Å². The van der Waals surface area contributed by atoms with Gasteiger partial charge < -0.3 is 4.79 Å². The molecule has 0 amide bonds. The number of allylic oxidation sites excluding steroid dienone is 2. The number of ketones is 1. The van der Waals surface area contributed by atoms with Crippen molar-refractivity contribution in [1.82, 2.24) is 0 Å². The summed E-state index contributed by atoms with van der Waals surface area (Å²) in [5.41, 5.74) is 1.38. The first-order chi connectivity index (χ1) is 4.00. The predicted octanol–water partition coefficient (Wildman–Crippen LogP) is 2.57. The second-order valence-corrected chi connectivity index (χ2v) is 2.27. The van der Waals surface area contributed by atoms with E-state index in [0.717, 1.165) is 0 Å². The Bertz CT molecular complexity index is 93.1. The molecule has 0 N–H and O–H groups in total. The fraction of sp³-hybridized carbons (Fsp3) is 0.625. The number of hydrogen-bond acceptors (Lipinski definition) is 1. The Kier molecular flexibility index (Phi) is 9.25. The van der Waals surface area contributed by atoms with Gasteiger partial charge in [0.05, 0.1) is 0 Å². The molecule has 54 valence electrons. The number of rotatable bonds is 0. The summed E-state index contributed by atoms with van der Waals surface area (Å²) in [5, 5.41) is 0. The van der Waals surface area contributed by atoms with Crippen LogP contribution < -0.4 is 0 Å². The van der Waals surface area contributed by atoms with Crippen LogP contribution in [-0.4, -0.2) is 5.78 Å². The number of Topliss-reactive ketones (excluding diaryl/α,β-unsaturated/α-hetero) is 1. The molecular weight excluding hydrogens is 112 g/mol. The van der Waals surface area contributed by atoms with Gasteiger partial charge in [0.25, 0.3) is 0 Å². The molecule has 0 bridgehead atoms. The van der Waals surface area contributed by atoms with Crippen molar-refractivity contribution in [1.29, 1.82) is 0 Å². The summed E-state index contributed by atoms with van der Waals surface area (Å²) in [6.45, 7) is 9.26. The van der Waals surface area contributed by atoms with Gasteiger partial charge in [-0.2, -0.15) is 0 Å². The highest BCUT2D eigenvalue weighted by Crippen LogP contribution is 1.82. The molecule has 0 aliphatic carbocycles. The van der Waals surface area contributed by atoms with Gasteiger partial charge in [0, 0.05) is 0 Å².